The number of rotatable bonds is 41. The van der Waals surface area contributed by atoms with Gasteiger partial charge in [-0.1, -0.05) is 194 Å². The van der Waals surface area contributed by atoms with Crippen molar-refractivity contribution < 1.29 is 38.1 Å². The molecule has 0 spiro atoms. The van der Waals surface area contributed by atoms with Crippen LogP contribution in [0.3, 0.4) is 0 Å². The van der Waals surface area contributed by atoms with Crippen LogP contribution in [0.4, 0.5) is 0 Å². The van der Waals surface area contributed by atoms with Gasteiger partial charge in [0.2, 0.25) is 13.6 Å². The summed E-state index contributed by atoms with van der Waals surface area (Å²) in [4.78, 5) is 47.6. The van der Waals surface area contributed by atoms with Crippen molar-refractivity contribution in [1.29, 1.82) is 0 Å². The maximum atomic E-state index is 11.9. The quantitative estimate of drug-likeness (QED) is 0.0347. The Morgan fingerprint density at radius 2 is 0.404 bits per heavy atom. The normalized spacial score (nSPS) is 11.0. The van der Waals surface area contributed by atoms with E-state index >= 15 is 0 Å². The van der Waals surface area contributed by atoms with Crippen LogP contribution < -0.4 is 0 Å². The minimum absolute atomic E-state index is 0.123. The van der Waals surface area contributed by atoms with Crippen molar-refractivity contribution in [3.05, 3.63) is 0 Å². The molecule has 0 aromatic rings. The van der Waals surface area contributed by atoms with E-state index in [1.54, 1.807) is 0 Å². The Labute approximate surface area is 320 Å². The number of hydrogen-bond acceptors (Lipinski definition) is 8. The van der Waals surface area contributed by atoms with Crippen molar-refractivity contribution >= 4 is 23.9 Å². The summed E-state index contributed by atoms with van der Waals surface area (Å²) in [5.41, 5.74) is 0. The Kier molecular flexibility index (Phi) is 39.9. The van der Waals surface area contributed by atoms with E-state index in [1.807, 2.05) is 0 Å². The molecule has 0 aromatic heterocycles. The van der Waals surface area contributed by atoms with Gasteiger partial charge in [0.05, 0.1) is 0 Å². The third-order valence-corrected chi connectivity index (χ3v) is 9.86. The fourth-order valence-corrected chi connectivity index (χ4v) is 6.43. The van der Waals surface area contributed by atoms with Crippen LogP contribution in [0.5, 0.6) is 0 Å². The topological polar surface area (TPSA) is 105 Å². The first-order valence-electron chi connectivity index (χ1n) is 22.1. The Morgan fingerprint density at radius 3 is 0.596 bits per heavy atom. The average Bonchev–Trinajstić information content (AvgIpc) is 3.13. The van der Waals surface area contributed by atoms with Crippen molar-refractivity contribution in [3.63, 3.8) is 0 Å². The second-order valence-corrected chi connectivity index (χ2v) is 14.9. The number of carbonyl (C=O) groups excluding carboxylic acids is 4. The molecular formula is C44H82O8. The van der Waals surface area contributed by atoms with Gasteiger partial charge in [-0.05, 0) is 25.7 Å². The summed E-state index contributed by atoms with van der Waals surface area (Å²) >= 11 is 0. The van der Waals surface area contributed by atoms with Crippen LogP contribution in [-0.2, 0) is 38.1 Å². The summed E-state index contributed by atoms with van der Waals surface area (Å²) in [6.45, 7) is 3.78. The van der Waals surface area contributed by atoms with Gasteiger partial charge in [0.1, 0.15) is 0 Å². The molecule has 0 atom stereocenters. The first-order chi connectivity index (χ1) is 25.5. The molecule has 0 amide bonds. The van der Waals surface area contributed by atoms with Gasteiger partial charge in [0.15, 0.2) is 0 Å². The lowest BCUT2D eigenvalue weighted by atomic mass is 10.0. The average molecular weight is 739 g/mol. The van der Waals surface area contributed by atoms with E-state index in [-0.39, 0.29) is 38.4 Å². The molecule has 0 heterocycles. The molecule has 0 fully saturated rings. The first kappa shape index (κ1) is 49.9. The van der Waals surface area contributed by atoms with E-state index in [4.69, 9.17) is 18.9 Å². The molecule has 0 N–H and O–H groups in total. The van der Waals surface area contributed by atoms with Crippen molar-refractivity contribution in [2.45, 2.75) is 245 Å². The van der Waals surface area contributed by atoms with Crippen LogP contribution in [0.15, 0.2) is 0 Å². The van der Waals surface area contributed by atoms with Gasteiger partial charge in [-0.3, -0.25) is 19.2 Å². The highest BCUT2D eigenvalue weighted by atomic mass is 16.7. The van der Waals surface area contributed by atoms with E-state index in [0.29, 0.717) is 25.7 Å². The van der Waals surface area contributed by atoms with Crippen LogP contribution >= 0.6 is 0 Å². The largest absolute Gasteiger partial charge is 0.428 e. The zero-order valence-corrected chi connectivity index (χ0v) is 34.1. The standard InChI is InChI=1S/C44H82O8/c1-3-5-7-9-11-13-15-17-19-21-23-25-27-29-31-35-41(45)49-39-51-43(47)37-33-34-38-44(48)52-40-50-42(46)36-32-30-28-26-24-22-20-18-16-14-12-10-8-6-4-2/h3-40H2,1-2H3. The number of esters is 4. The Morgan fingerprint density at radius 1 is 0.250 bits per heavy atom. The Balaban J connectivity index is 3.43. The van der Waals surface area contributed by atoms with E-state index in [0.717, 1.165) is 38.5 Å². The van der Waals surface area contributed by atoms with Crippen LogP contribution in [0.2, 0.25) is 0 Å². The highest BCUT2D eigenvalue weighted by Gasteiger charge is 2.10. The molecule has 0 saturated carbocycles. The summed E-state index contributed by atoms with van der Waals surface area (Å²) in [5.74, 6) is -1.64. The molecule has 8 nitrogen and oxygen atoms in total. The first-order valence-corrected chi connectivity index (χ1v) is 22.1. The fraction of sp³-hybridized carbons (Fsp3) is 0.909. The monoisotopic (exact) mass is 739 g/mol. The van der Waals surface area contributed by atoms with Crippen molar-refractivity contribution in [1.82, 2.24) is 0 Å². The molecule has 0 saturated heterocycles. The number of unbranched alkanes of at least 4 members (excludes halogenated alkanes) is 29. The van der Waals surface area contributed by atoms with Crippen LogP contribution in [0.1, 0.15) is 245 Å². The molecule has 0 aliphatic rings. The second-order valence-electron chi connectivity index (χ2n) is 14.9. The number of hydrogen-bond donors (Lipinski definition) is 0. The highest BCUT2D eigenvalue weighted by Crippen LogP contribution is 2.15. The maximum absolute atomic E-state index is 11.9. The summed E-state index contributed by atoms with van der Waals surface area (Å²) in [6.07, 6.45) is 40.0. The molecule has 0 bridgehead atoms. The molecule has 0 aromatic carbocycles. The van der Waals surface area contributed by atoms with Gasteiger partial charge in [0.25, 0.3) is 0 Å². The van der Waals surface area contributed by atoms with Crippen molar-refractivity contribution in [2.24, 2.45) is 0 Å². The van der Waals surface area contributed by atoms with Gasteiger partial charge < -0.3 is 18.9 Å². The predicted octanol–water partition coefficient (Wildman–Crippen LogP) is 13.2. The number of ether oxygens (including phenoxy) is 4. The molecule has 0 aliphatic heterocycles. The summed E-state index contributed by atoms with van der Waals surface area (Å²) in [6, 6.07) is 0. The van der Waals surface area contributed by atoms with Crippen LogP contribution in [-0.4, -0.2) is 37.5 Å². The van der Waals surface area contributed by atoms with Gasteiger partial charge in [-0.2, -0.15) is 0 Å². The minimum atomic E-state index is -0.471. The second kappa shape index (κ2) is 41.6. The number of carbonyl (C=O) groups is 4. The van der Waals surface area contributed by atoms with Gasteiger partial charge in [-0.15, -0.1) is 0 Å². The highest BCUT2D eigenvalue weighted by molar-refractivity contribution is 5.72. The third-order valence-electron chi connectivity index (χ3n) is 9.86. The summed E-state index contributed by atoms with van der Waals surface area (Å²) in [5, 5.41) is 0. The predicted molar refractivity (Wildman–Crippen MR) is 212 cm³/mol. The molecule has 0 unspecified atom stereocenters. The molecule has 8 heteroatoms. The Hall–Kier alpha value is -2.12. The molecule has 0 rings (SSSR count). The van der Waals surface area contributed by atoms with E-state index in [2.05, 4.69) is 13.8 Å². The summed E-state index contributed by atoms with van der Waals surface area (Å²) < 4.78 is 20.0. The van der Waals surface area contributed by atoms with E-state index in [1.165, 1.54) is 154 Å². The fourth-order valence-electron chi connectivity index (χ4n) is 6.43. The smallest absolute Gasteiger partial charge is 0.308 e. The molecular weight excluding hydrogens is 656 g/mol. The zero-order valence-electron chi connectivity index (χ0n) is 34.1. The zero-order chi connectivity index (χ0) is 38.0. The van der Waals surface area contributed by atoms with Crippen LogP contribution in [0, 0.1) is 0 Å². The van der Waals surface area contributed by atoms with E-state index < -0.39 is 11.9 Å². The minimum Gasteiger partial charge on any atom is -0.428 e. The molecule has 306 valence electrons. The molecule has 0 radical (unpaired) electrons. The van der Waals surface area contributed by atoms with Crippen molar-refractivity contribution in [2.75, 3.05) is 13.6 Å². The summed E-state index contributed by atoms with van der Waals surface area (Å²) in [7, 11) is 0. The lowest BCUT2D eigenvalue weighted by molar-refractivity contribution is -0.169. The maximum Gasteiger partial charge on any atom is 0.308 e. The van der Waals surface area contributed by atoms with Crippen molar-refractivity contribution in [3.8, 4) is 0 Å². The molecule has 0 aliphatic carbocycles. The lowest BCUT2D eigenvalue weighted by Gasteiger charge is -2.07. The van der Waals surface area contributed by atoms with E-state index in [9.17, 15) is 19.2 Å². The van der Waals surface area contributed by atoms with Gasteiger partial charge in [0, 0.05) is 25.7 Å². The molecule has 52 heavy (non-hydrogen) atoms. The van der Waals surface area contributed by atoms with Crippen LogP contribution in [0.25, 0.3) is 0 Å². The SMILES string of the molecule is CCCCCCCCCCCCCCCCCC(=O)OCOC(=O)CCCCC(=O)OCOC(=O)CCCCCCCCCCCCCCCCC. The van der Waals surface area contributed by atoms with Gasteiger partial charge in [-0.25, -0.2) is 0 Å². The lowest BCUT2D eigenvalue weighted by Crippen LogP contribution is -2.13. The Bertz CT molecular complexity index is 748. The third kappa shape index (κ3) is 40.6. The van der Waals surface area contributed by atoms with Gasteiger partial charge >= 0.3 is 23.9 Å².